The van der Waals surface area contributed by atoms with E-state index in [1.54, 1.807) is 29.2 Å². The molecule has 0 fully saturated rings. The third kappa shape index (κ3) is 6.11. The van der Waals surface area contributed by atoms with Gasteiger partial charge in [-0.25, -0.2) is 10.0 Å². The maximum Gasteiger partial charge on any atom is 0.254 e. The van der Waals surface area contributed by atoms with Crippen LogP contribution < -0.4 is 11.2 Å². The predicted octanol–water partition coefficient (Wildman–Crippen LogP) is 7.26. The van der Waals surface area contributed by atoms with E-state index in [1.165, 1.54) is 0 Å². The number of para-hydroxylation sites is 1. The molecule has 9 heteroatoms. The van der Waals surface area contributed by atoms with Gasteiger partial charge in [-0.15, -0.1) is 0 Å². The number of fused-ring (bicyclic) bond motifs is 1. The Bertz CT molecular complexity index is 1310. The highest BCUT2D eigenvalue weighted by atomic mass is 35.5. The standard InChI is InChI=1S/C28H28Cl3N5O/c1-3-26(35(13-7-12-32)28(37)19-14-21(30)16-22(31)15-19)27-33-25-17-20(29)10-11-24(25)18(2)36(27)34-23-8-5-4-6-9-23/h4-6,8-11,14-17,26,34H,2-3,7,12-13,32H2,1H3. The lowest BCUT2D eigenvalue weighted by atomic mass is 10.0. The number of carbonyl (C=O) groups is 1. The summed E-state index contributed by atoms with van der Waals surface area (Å²) in [4.78, 5) is 20.7. The summed E-state index contributed by atoms with van der Waals surface area (Å²) < 4.78 is 0. The number of amides is 1. The summed E-state index contributed by atoms with van der Waals surface area (Å²) in [6.45, 7) is 7.22. The first kappa shape index (κ1) is 27.0. The number of nitrogens with two attached hydrogens (primary N) is 1. The minimum absolute atomic E-state index is 0.213. The molecule has 3 aromatic rings. The summed E-state index contributed by atoms with van der Waals surface area (Å²) in [6, 6.07) is 19.7. The number of amidine groups is 1. The average molecular weight is 557 g/mol. The number of halogens is 3. The average Bonchev–Trinajstić information content (AvgIpc) is 2.88. The Balaban J connectivity index is 1.82. The highest BCUT2D eigenvalue weighted by Crippen LogP contribution is 2.37. The Morgan fingerprint density at radius 3 is 2.41 bits per heavy atom. The van der Waals surface area contributed by atoms with Gasteiger partial charge in [-0.2, -0.15) is 0 Å². The SMILES string of the molecule is C=C1c2ccc(Cl)cc2N=C(C(CC)N(CCCN)C(=O)c2cc(Cl)cc(Cl)c2)N1Nc1ccccc1. The molecule has 0 aliphatic carbocycles. The van der Waals surface area contributed by atoms with Crippen molar-refractivity contribution in [1.82, 2.24) is 9.91 Å². The quantitative estimate of drug-likeness (QED) is 0.291. The molecular formula is C28H28Cl3N5O. The summed E-state index contributed by atoms with van der Waals surface area (Å²) in [5.41, 5.74) is 12.7. The summed E-state index contributed by atoms with van der Waals surface area (Å²) >= 11 is 18.8. The van der Waals surface area contributed by atoms with Crippen LogP contribution in [-0.4, -0.2) is 40.8 Å². The minimum atomic E-state index is -0.420. The lowest BCUT2D eigenvalue weighted by Crippen LogP contribution is -2.53. The van der Waals surface area contributed by atoms with Gasteiger partial charge in [0.1, 0.15) is 0 Å². The fourth-order valence-corrected chi connectivity index (χ4v) is 5.00. The van der Waals surface area contributed by atoms with Crippen LogP contribution in [-0.2, 0) is 0 Å². The Hall–Kier alpha value is -3.03. The molecule has 3 aromatic carbocycles. The molecule has 6 nitrogen and oxygen atoms in total. The fourth-order valence-electron chi connectivity index (χ4n) is 4.31. The van der Waals surface area contributed by atoms with Crippen LogP contribution in [0, 0.1) is 0 Å². The Kier molecular flexibility index (Phi) is 8.77. The maximum absolute atomic E-state index is 13.9. The molecule has 0 aromatic heterocycles. The van der Waals surface area contributed by atoms with Crippen molar-refractivity contribution in [3.8, 4) is 0 Å². The zero-order valence-corrected chi connectivity index (χ0v) is 22.7. The second-order valence-corrected chi connectivity index (χ2v) is 9.92. The molecular weight excluding hydrogens is 529 g/mol. The number of anilines is 1. The molecule has 1 aliphatic heterocycles. The predicted molar refractivity (Wildman–Crippen MR) is 155 cm³/mol. The summed E-state index contributed by atoms with van der Waals surface area (Å²) in [5.74, 6) is 0.402. The van der Waals surface area contributed by atoms with E-state index in [1.807, 2.05) is 54.4 Å². The number of aliphatic imine (C=N–C) groups is 1. The van der Waals surface area contributed by atoms with Crippen LogP contribution in [0.2, 0.25) is 15.1 Å². The van der Waals surface area contributed by atoms with Crippen LogP contribution >= 0.6 is 34.8 Å². The first-order valence-corrected chi connectivity index (χ1v) is 13.1. The van der Waals surface area contributed by atoms with Gasteiger partial charge in [0.25, 0.3) is 5.91 Å². The van der Waals surface area contributed by atoms with Gasteiger partial charge >= 0.3 is 0 Å². The topological polar surface area (TPSA) is 74.0 Å². The van der Waals surface area contributed by atoms with E-state index in [9.17, 15) is 4.79 Å². The molecule has 1 atom stereocenters. The number of hydrogen-bond donors (Lipinski definition) is 2. The van der Waals surface area contributed by atoms with Crippen molar-refractivity contribution in [2.24, 2.45) is 10.7 Å². The molecule has 0 bridgehead atoms. The van der Waals surface area contributed by atoms with Crippen LogP contribution in [0.25, 0.3) is 5.70 Å². The van der Waals surface area contributed by atoms with Crippen molar-refractivity contribution in [1.29, 1.82) is 0 Å². The zero-order chi connectivity index (χ0) is 26.5. The summed E-state index contributed by atoms with van der Waals surface area (Å²) in [6.07, 6.45) is 1.19. The van der Waals surface area contributed by atoms with Gasteiger partial charge in [-0.05, 0) is 67.9 Å². The van der Waals surface area contributed by atoms with Gasteiger partial charge in [-0.3, -0.25) is 10.2 Å². The molecule has 192 valence electrons. The van der Waals surface area contributed by atoms with E-state index >= 15 is 0 Å². The number of benzene rings is 3. The number of nitrogens with zero attached hydrogens (tertiary/aromatic N) is 3. The highest BCUT2D eigenvalue weighted by Gasteiger charge is 2.35. The second-order valence-electron chi connectivity index (χ2n) is 8.61. The lowest BCUT2D eigenvalue weighted by Gasteiger charge is -2.40. The van der Waals surface area contributed by atoms with E-state index in [0.717, 1.165) is 11.3 Å². The van der Waals surface area contributed by atoms with Crippen molar-refractivity contribution < 1.29 is 4.79 Å². The Labute approximate surface area is 232 Å². The van der Waals surface area contributed by atoms with Crippen molar-refractivity contribution in [2.75, 3.05) is 18.5 Å². The van der Waals surface area contributed by atoms with Crippen LogP contribution in [0.1, 0.15) is 35.7 Å². The van der Waals surface area contributed by atoms with Crippen LogP contribution in [0.4, 0.5) is 11.4 Å². The normalized spacial score (nSPS) is 13.6. The van der Waals surface area contributed by atoms with Crippen LogP contribution in [0.5, 0.6) is 0 Å². The van der Waals surface area contributed by atoms with Gasteiger partial charge < -0.3 is 10.6 Å². The molecule has 0 saturated heterocycles. The first-order valence-electron chi connectivity index (χ1n) is 12.0. The molecule has 0 radical (unpaired) electrons. The fraction of sp³-hybridized carbons (Fsp3) is 0.214. The number of rotatable bonds is 9. The lowest BCUT2D eigenvalue weighted by molar-refractivity contribution is 0.0715. The largest absolute Gasteiger partial charge is 0.330 e. The van der Waals surface area contributed by atoms with Gasteiger partial charge in [0.05, 0.1) is 23.1 Å². The van der Waals surface area contributed by atoms with Crippen LogP contribution in [0.15, 0.2) is 78.3 Å². The molecule has 1 heterocycles. The van der Waals surface area contributed by atoms with Crippen molar-refractivity contribution in [3.05, 3.63) is 99.5 Å². The summed E-state index contributed by atoms with van der Waals surface area (Å²) in [5, 5.41) is 3.19. The number of carbonyl (C=O) groups excluding carboxylic acids is 1. The van der Waals surface area contributed by atoms with Gasteiger partial charge in [0.15, 0.2) is 5.84 Å². The number of hydrazine groups is 1. The van der Waals surface area contributed by atoms with Gasteiger partial charge in [0, 0.05) is 32.7 Å². The molecule has 0 spiro atoms. The van der Waals surface area contributed by atoms with Gasteiger partial charge in [0.2, 0.25) is 0 Å². The second kappa shape index (κ2) is 12.0. The Morgan fingerprint density at radius 2 is 1.76 bits per heavy atom. The monoisotopic (exact) mass is 555 g/mol. The molecule has 1 unspecified atom stereocenters. The molecule has 1 amide bonds. The van der Waals surface area contributed by atoms with E-state index in [2.05, 4.69) is 12.0 Å². The van der Waals surface area contributed by atoms with Crippen LogP contribution in [0.3, 0.4) is 0 Å². The van der Waals surface area contributed by atoms with Crippen molar-refractivity contribution >= 4 is 63.6 Å². The number of hydrogen-bond acceptors (Lipinski definition) is 5. The maximum atomic E-state index is 13.9. The smallest absolute Gasteiger partial charge is 0.254 e. The number of nitrogens with one attached hydrogen (secondary N) is 1. The zero-order valence-electron chi connectivity index (χ0n) is 20.4. The van der Waals surface area contributed by atoms with Gasteiger partial charge in [-0.1, -0.05) is 66.5 Å². The molecule has 37 heavy (non-hydrogen) atoms. The van der Waals surface area contributed by atoms with E-state index in [-0.39, 0.29) is 5.91 Å². The minimum Gasteiger partial charge on any atom is -0.330 e. The molecule has 4 rings (SSSR count). The first-order chi connectivity index (χ1) is 17.8. The van der Waals surface area contributed by atoms with E-state index in [0.29, 0.717) is 63.8 Å². The molecule has 0 saturated carbocycles. The van der Waals surface area contributed by atoms with E-state index in [4.69, 9.17) is 45.5 Å². The highest BCUT2D eigenvalue weighted by molar-refractivity contribution is 6.35. The Morgan fingerprint density at radius 1 is 1.05 bits per heavy atom. The molecule has 1 aliphatic rings. The summed E-state index contributed by atoms with van der Waals surface area (Å²) in [7, 11) is 0. The third-order valence-electron chi connectivity index (χ3n) is 6.05. The van der Waals surface area contributed by atoms with Crippen molar-refractivity contribution in [3.63, 3.8) is 0 Å². The van der Waals surface area contributed by atoms with Crippen molar-refractivity contribution in [2.45, 2.75) is 25.8 Å². The van der Waals surface area contributed by atoms with E-state index < -0.39 is 6.04 Å². The molecule has 3 N–H and O–H groups in total. The third-order valence-corrected chi connectivity index (χ3v) is 6.73.